The molecule has 2 unspecified atom stereocenters. The first-order chi connectivity index (χ1) is 33.8. The van der Waals surface area contributed by atoms with E-state index in [1.54, 1.807) is 0 Å². The van der Waals surface area contributed by atoms with Crippen LogP contribution in [0.2, 0.25) is 0 Å². The van der Waals surface area contributed by atoms with Crippen LogP contribution in [0.1, 0.15) is 216 Å². The number of benzene rings is 3. The van der Waals surface area contributed by atoms with Crippen LogP contribution >= 0.6 is 16.6 Å². The highest BCUT2D eigenvalue weighted by atomic mass is 31.2. The molecule has 2 aliphatic rings. The first kappa shape index (κ1) is 60.4. The third-order valence-electron chi connectivity index (χ3n) is 14.4. The van der Waals surface area contributed by atoms with Crippen LogP contribution in [-0.2, 0) is 61.2 Å². The molecule has 0 amide bonds. The van der Waals surface area contributed by atoms with E-state index in [1.165, 1.54) is 0 Å². The summed E-state index contributed by atoms with van der Waals surface area (Å²) in [6.07, 6.45) is 0. The Morgan fingerprint density at radius 1 is 0.413 bits per heavy atom. The molecule has 0 saturated carbocycles. The minimum absolute atomic E-state index is 0.0330. The highest BCUT2D eigenvalue weighted by Crippen LogP contribution is 2.56. The third kappa shape index (κ3) is 12.1. The van der Waals surface area contributed by atoms with E-state index in [-0.39, 0.29) is 48.0 Å². The number of hydrogen-bond donors (Lipinski definition) is 3. The summed E-state index contributed by atoms with van der Waals surface area (Å²) in [5.74, 6) is 0.0915. The van der Waals surface area contributed by atoms with E-state index in [0.29, 0.717) is 52.2 Å². The van der Waals surface area contributed by atoms with Crippen LogP contribution in [0, 0.1) is 0 Å². The van der Waals surface area contributed by atoms with Gasteiger partial charge in [0.15, 0.2) is 0 Å². The van der Waals surface area contributed by atoms with E-state index in [0.717, 1.165) is 48.5 Å². The lowest BCUT2D eigenvalue weighted by molar-refractivity contribution is 0.281. The van der Waals surface area contributed by atoms with Crippen molar-refractivity contribution in [2.75, 3.05) is 26.3 Å². The van der Waals surface area contributed by atoms with Gasteiger partial charge in [0.1, 0.15) is 33.8 Å². The van der Waals surface area contributed by atoms with Crippen LogP contribution in [-0.4, -0.2) is 75.7 Å². The van der Waals surface area contributed by atoms with Crippen LogP contribution in [0.4, 0.5) is 0 Å². The average molecular weight is 1070 g/mol. The van der Waals surface area contributed by atoms with E-state index >= 15 is 14.4 Å². The minimum Gasteiger partial charge on any atom is -0.507 e. The summed E-state index contributed by atoms with van der Waals surface area (Å²) >= 11 is 0. The highest BCUT2D eigenvalue weighted by molar-refractivity contribution is 7.59. The second-order valence-electron chi connectivity index (χ2n) is 29.3. The lowest BCUT2D eigenvalue weighted by atomic mass is 9.78. The van der Waals surface area contributed by atoms with Crippen molar-refractivity contribution in [1.82, 2.24) is 23.0 Å². The van der Waals surface area contributed by atoms with Crippen molar-refractivity contribution in [1.29, 1.82) is 0 Å². The molecule has 2 atom stereocenters. The predicted octanol–water partition coefficient (Wildman–Crippen LogP) is 11.4. The maximum atomic E-state index is 15.5. The Bertz CT molecular complexity index is 2830. The van der Waals surface area contributed by atoms with Gasteiger partial charge in [-0.15, -0.1) is 0 Å². The second-order valence-corrected chi connectivity index (χ2v) is 32.7. The number of rotatable bonds is 8. The summed E-state index contributed by atoms with van der Waals surface area (Å²) in [4.78, 5) is 46.3. The summed E-state index contributed by atoms with van der Waals surface area (Å²) in [5.41, 5.74) is -0.351. The topological polar surface area (TPSA) is 152 Å². The lowest BCUT2D eigenvalue weighted by Gasteiger charge is -2.40. The fourth-order valence-corrected chi connectivity index (χ4v) is 16.1. The largest absolute Gasteiger partial charge is 0.507 e. The number of phenolic OH excluding ortho intramolecular Hbond substituents is 3. The van der Waals surface area contributed by atoms with Crippen molar-refractivity contribution in [3.05, 3.63) is 106 Å². The van der Waals surface area contributed by atoms with E-state index in [1.807, 2.05) is 65.8 Å². The van der Waals surface area contributed by atoms with Gasteiger partial charge in [0.2, 0.25) is 0 Å². The molecule has 15 heteroatoms. The monoisotopic (exact) mass is 1070 g/mol. The summed E-state index contributed by atoms with van der Waals surface area (Å²) in [7, 11) is -2.71. The SMILES string of the molecule is CC(C)(C)c1cc(Cn2c(=O)n(Cc3cc(C(C)(C)C)c(P4OCCN4C(C)(C)C)c(C(C)(C)C)c3O)c(=O)n(Cc3cc(C(C)(C)C)c(P4OCCN4C(C)(C)C)c(C(C)(C)C)c3O)c2=O)cc(C(C)(C)C)c1O. The molecule has 0 spiro atoms. The Balaban J connectivity index is 1.72. The molecule has 2 saturated heterocycles. The molecule has 2 aliphatic heterocycles. The molecular formula is C60H93N5O8P2. The van der Waals surface area contributed by atoms with Crippen LogP contribution in [0.5, 0.6) is 17.2 Å². The van der Waals surface area contributed by atoms with Crippen LogP contribution in [0.3, 0.4) is 0 Å². The van der Waals surface area contributed by atoms with E-state index in [2.05, 4.69) is 134 Å². The third-order valence-corrected chi connectivity index (χ3v) is 19.4. The quantitative estimate of drug-likeness (QED) is 0.145. The van der Waals surface area contributed by atoms with Crippen molar-refractivity contribution in [2.24, 2.45) is 0 Å². The fourth-order valence-electron chi connectivity index (χ4n) is 10.5. The fraction of sp³-hybridized carbons (Fsp3) is 0.650. The Labute approximate surface area is 451 Å². The Hall–Kier alpha value is -3.83. The van der Waals surface area contributed by atoms with E-state index in [9.17, 15) is 15.3 Å². The molecular weight excluding hydrogens is 981 g/mol. The van der Waals surface area contributed by atoms with Crippen molar-refractivity contribution in [3.63, 3.8) is 0 Å². The molecule has 0 radical (unpaired) electrons. The molecule has 75 heavy (non-hydrogen) atoms. The smallest absolute Gasteiger partial charge is 0.336 e. The van der Waals surface area contributed by atoms with Gasteiger partial charge in [-0.05, 0) is 126 Å². The number of hydrogen-bond acceptors (Lipinski definition) is 10. The molecule has 3 heterocycles. The van der Waals surface area contributed by atoms with Crippen molar-refractivity contribution < 1.29 is 24.4 Å². The number of aromatic nitrogens is 3. The highest BCUT2D eigenvalue weighted by Gasteiger charge is 2.45. The maximum absolute atomic E-state index is 15.5. The zero-order valence-corrected chi connectivity index (χ0v) is 52.1. The van der Waals surface area contributed by atoms with Crippen molar-refractivity contribution >= 4 is 27.2 Å². The van der Waals surface area contributed by atoms with Gasteiger partial charge < -0.3 is 24.4 Å². The molecule has 0 aliphatic carbocycles. The van der Waals surface area contributed by atoms with Crippen LogP contribution in [0.15, 0.2) is 38.6 Å². The summed E-state index contributed by atoms with van der Waals surface area (Å²) in [6, 6.07) is 7.52. The molecule has 13 nitrogen and oxygen atoms in total. The van der Waals surface area contributed by atoms with Gasteiger partial charge in [-0.3, -0.25) is 0 Å². The van der Waals surface area contributed by atoms with Gasteiger partial charge in [-0.25, -0.2) is 37.4 Å². The number of nitrogens with zero attached hydrogens (tertiary/aromatic N) is 5. The molecule has 3 aromatic carbocycles. The van der Waals surface area contributed by atoms with Gasteiger partial charge >= 0.3 is 17.1 Å². The molecule has 416 valence electrons. The molecule has 3 N–H and O–H groups in total. The first-order valence-corrected chi connectivity index (χ1v) is 29.2. The van der Waals surface area contributed by atoms with Crippen molar-refractivity contribution in [2.45, 2.75) is 229 Å². The van der Waals surface area contributed by atoms with E-state index in [4.69, 9.17) is 9.05 Å². The van der Waals surface area contributed by atoms with Gasteiger partial charge in [0, 0.05) is 57.0 Å². The molecule has 4 aromatic rings. The van der Waals surface area contributed by atoms with Gasteiger partial charge in [0.25, 0.3) is 0 Å². The van der Waals surface area contributed by atoms with E-state index < -0.39 is 66.2 Å². The van der Waals surface area contributed by atoms with Gasteiger partial charge in [-0.1, -0.05) is 125 Å². The zero-order valence-electron chi connectivity index (χ0n) is 50.3. The maximum Gasteiger partial charge on any atom is 0.336 e. The lowest BCUT2D eigenvalue weighted by Crippen LogP contribution is -2.55. The minimum atomic E-state index is -1.36. The number of phenols is 3. The summed E-state index contributed by atoms with van der Waals surface area (Å²) in [6.45, 7) is 51.7. The number of aromatic hydroxyl groups is 3. The summed E-state index contributed by atoms with van der Waals surface area (Å²) in [5, 5.41) is 39.2. The molecule has 1 aromatic heterocycles. The zero-order chi connectivity index (χ0) is 57.0. The van der Waals surface area contributed by atoms with Crippen LogP contribution in [0.25, 0.3) is 0 Å². The molecule has 0 bridgehead atoms. The normalized spacial score (nSPS) is 18.2. The van der Waals surface area contributed by atoms with Gasteiger partial charge in [0.05, 0.1) is 32.8 Å². The Morgan fingerprint density at radius 2 is 0.707 bits per heavy atom. The summed E-state index contributed by atoms with van der Waals surface area (Å²) < 4.78 is 21.2. The van der Waals surface area contributed by atoms with Crippen LogP contribution < -0.4 is 27.7 Å². The standard InChI is InChI=1S/C60H93N5O8P2/c1-53(2,3)39-29-36(30-40(47(39)68)54(4,5)6)33-61-50(69)62(34-37-31-41(55(7,8)9)48(43(45(37)66)57(13,14)15)74-64(25-27-72-74)59(19,20)21)52(71)63(51(61)70)35-38-32-42(56(10,11)12)49(44(46(38)67)58(16,17)18)75-65(26-28-73-75)60(22,23)24/h29-32,66-68H,25-28,33-35H2,1-24H3. The Kier molecular flexibility index (Phi) is 16.2. The predicted molar refractivity (Wildman–Crippen MR) is 311 cm³/mol. The molecule has 6 rings (SSSR count). The average Bonchev–Trinajstić information content (AvgIpc) is 3.93. The first-order valence-electron chi connectivity index (χ1n) is 26.8. The molecule has 2 fully saturated rings. The van der Waals surface area contributed by atoms with Crippen molar-refractivity contribution in [3.8, 4) is 17.2 Å². The second kappa shape index (κ2) is 20.1. The van der Waals surface area contributed by atoms with Gasteiger partial charge in [-0.2, -0.15) is 0 Å². The Morgan fingerprint density at radius 3 is 0.973 bits per heavy atom.